The fourth-order valence-corrected chi connectivity index (χ4v) is 2.95. The summed E-state index contributed by atoms with van der Waals surface area (Å²) in [5.74, 6) is -0.144. The second-order valence-corrected chi connectivity index (χ2v) is 6.01. The van der Waals surface area contributed by atoms with Gasteiger partial charge in [0.15, 0.2) is 0 Å². The summed E-state index contributed by atoms with van der Waals surface area (Å²) < 4.78 is 1.59. The third-order valence-electron chi connectivity index (χ3n) is 3.97. The number of carbonyl (C=O) groups is 1. The molecule has 2 aromatic heterocycles. The maximum Gasteiger partial charge on any atom is 0.244 e. The van der Waals surface area contributed by atoms with Crippen LogP contribution in [0.4, 0.5) is 0 Å². The van der Waals surface area contributed by atoms with E-state index in [4.69, 9.17) is 11.6 Å². The molecule has 3 aromatic rings. The number of hydrogen-bond donors (Lipinski definition) is 2. The van der Waals surface area contributed by atoms with Crippen molar-refractivity contribution >= 4 is 34.5 Å². The first kappa shape index (κ1) is 16.3. The molecule has 2 heterocycles. The van der Waals surface area contributed by atoms with Crippen molar-refractivity contribution in [2.75, 3.05) is 6.54 Å². The zero-order chi connectivity index (χ0) is 17.1. The van der Waals surface area contributed by atoms with Gasteiger partial charge >= 0.3 is 0 Å². The molecule has 24 heavy (non-hydrogen) atoms. The Bertz CT molecular complexity index is 907. The van der Waals surface area contributed by atoms with E-state index in [9.17, 15) is 4.79 Å². The van der Waals surface area contributed by atoms with Crippen LogP contribution in [-0.4, -0.2) is 27.2 Å². The van der Waals surface area contributed by atoms with E-state index in [0.717, 1.165) is 23.2 Å². The van der Waals surface area contributed by atoms with Crippen molar-refractivity contribution in [3.8, 4) is 0 Å². The zero-order valence-electron chi connectivity index (χ0n) is 13.6. The smallest absolute Gasteiger partial charge is 0.244 e. The molecule has 0 aliphatic rings. The highest BCUT2D eigenvalue weighted by Crippen LogP contribution is 2.20. The first-order valence-electron chi connectivity index (χ1n) is 7.76. The number of para-hydroxylation sites is 1. The molecule has 0 aliphatic heterocycles. The summed E-state index contributed by atoms with van der Waals surface area (Å²) >= 11 is 6.14. The average molecular weight is 343 g/mol. The number of amides is 1. The summed E-state index contributed by atoms with van der Waals surface area (Å²) in [6.45, 7) is 2.44. The Kier molecular flexibility index (Phi) is 4.71. The molecule has 0 fully saturated rings. The molecule has 2 N–H and O–H groups in total. The topological polar surface area (TPSA) is 62.7 Å². The molecule has 0 unspecified atom stereocenters. The average Bonchev–Trinajstić information content (AvgIpc) is 3.08. The summed E-state index contributed by atoms with van der Waals surface area (Å²) in [5, 5.41) is 8.82. The summed E-state index contributed by atoms with van der Waals surface area (Å²) in [4.78, 5) is 15.2. The van der Waals surface area contributed by atoms with Gasteiger partial charge in [-0.1, -0.05) is 29.8 Å². The van der Waals surface area contributed by atoms with Crippen LogP contribution in [0.3, 0.4) is 0 Å². The molecule has 0 spiro atoms. The van der Waals surface area contributed by atoms with Crippen molar-refractivity contribution in [3.63, 3.8) is 0 Å². The first-order valence-corrected chi connectivity index (χ1v) is 8.14. The van der Waals surface area contributed by atoms with Crippen LogP contribution in [0.5, 0.6) is 0 Å². The second kappa shape index (κ2) is 6.93. The number of benzene rings is 1. The number of aryl methyl sites for hydroxylation is 2. The van der Waals surface area contributed by atoms with Crippen LogP contribution < -0.4 is 5.32 Å². The molecule has 124 valence electrons. The lowest BCUT2D eigenvalue weighted by Crippen LogP contribution is -2.23. The van der Waals surface area contributed by atoms with Crippen LogP contribution in [0.15, 0.2) is 36.5 Å². The van der Waals surface area contributed by atoms with Gasteiger partial charge in [-0.2, -0.15) is 5.10 Å². The van der Waals surface area contributed by atoms with Crippen molar-refractivity contribution in [1.29, 1.82) is 0 Å². The third-order valence-corrected chi connectivity index (χ3v) is 4.41. The number of aromatic nitrogens is 3. The minimum Gasteiger partial charge on any atom is -0.361 e. The number of H-pyrrole nitrogens is 1. The van der Waals surface area contributed by atoms with E-state index < -0.39 is 0 Å². The van der Waals surface area contributed by atoms with Gasteiger partial charge in [0.05, 0.1) is 5.69 Å². The molecular weight excluding hydrogens is 324 g/mol. The maximum absolute atomic E-state index is 12.0. The second-order valence-electron chi connectivity index (χ2n) is 5.65. The Morgan fingerprint density at radius 1 is 1.42 bits per heavy atom. The number of halogens is 1. The standard InChI is InChI=1S/C18H19ClN4O/c1-12-14(18(19)23(2)22-12)7-8-17(24)20-10-9-13-11-21-16-6-4-3-5-15(13)16/h3-8,11,21H,9-10H2,1-2H3,(H,20,24)/b8-7+. The quantitative estimate of drug-likeness (QED) is 0.699. The van der Waals surface area contributed by atoms with Crippen molar-refractivity contribution in [3.05, 3.63) is 58.5 Å². The van der Waals surface area contributed by atoms with Crippen molar-refractivity contribution in [1.82, 2.24) is 20.1 Å². The summed E-state index contributed by atoms with van der Waals surface area (Å²) in [6.07, 6.45) is 5.96. The zero-order valence-corrected chi connectivity index (χ0v) is 14.4. The predicted octanol–water partition coefficient (Wildman–Crippen LogP) is 3.24. The predicted molar refractivity (Wildman–Crippen MR) is 97.0 cm³/mol. The van der Waals surface area contributed by atoms with E-state index in [2.05, 4.69) is 21.5 Å². The lowest BCUT2D eigenvalue weighted by atomic mass is 10.1. The van der Waals surface area contributed by atoms with Gasteiger partial charge in [0.25, 0.3) is 0 Å². The molecule has 0 saturated heterocycles. The fraction of sp³-hybridized carbons (Fsp3) is 0.222. The number of rotatable bonds is 5. The van der Waals surface area contributed by atoms with Gasteiger partial charge in [-0.3, -0.25) is 9.48 Å². The minimum atomic E-state index is -0.144. The lowest BCUT2D eigenvalue weighted by Gasteiger charge is -2.01. The van der Waals surface area contributed by atoms with Crippen LogP contribution >= 0.6 is 11.6 Å². The van der Waals surface area contributed by atoms with Gasteiger partial charge in [-0.25, -0.2) is 0 Å². The molecule has 0 saturated carbocycles. The van der Waals surface area contributed by atoms with Crippen LogP contribution in [0.1, 0.15) is 16.8 Å². The summed E-state index contributed by atoms with van der Waals surface area (Å²) in [6, 6.07) is 8.14. The highest BCUT2D eigenvalue weighted by atomic mass is 35.5. The van der Waals surface area contributed by atoms with Crippen molar-refractivity contribution < 1.29 is 4.79 Å². The molecule has 1 amide bonds. The number of hydrogen-bond acceptors (Lipinski definition) is 2. The lowest BCUT2D eigenvalue weighted by molar-refractivity contribution is -0.116. The van der Waals surface area contributed by atoms with Gasteiger partial charge in [0.2, 0.25) is 5.91 Å². The Labute approximate surface area is 145 Å². The molecule has 0 aliphatic carbocycles. The summed E-state index contributed by atoms with van der Waals surface area (Å²) in [7, 11) is 1.77. The Hall–Kier alpha value is -2.53. The number of fused-ring (bicyclic) bond motifs is 1. The van der Waals surface area contributed by atoms with Crippen LogP contribution in [0.25, 0.3) is 17.0 Å². The molecular formula is C18H19ClN4O. The molecule has 0 radical (unpaired) electrons. The Morgan fingerprint density at radius 3 is 2.96 bits per heavy atom. The van der Waals surface area contributed by atoms with Gasteiger partial charge < -0.3 is 10.3 Å². The highest BCUT2D eigenvalue weighted by Gasteiger charge is 2.08. The molecule has 1 aromatic carbocycles. The van der Waals surface area contributed by atoms with E-state index in [-0.39, 0.29) is 5.91 Å². The minimum absolute atomic E-state index is 0.144. The molecule has 5 nitrogen and oxygen atoms in total. The molecule has 0 bridgehead atoms. The van der Waals surface area contributed by atoms with E-state index in [1.165, 1.54) is 17.0 Å². The number of carbonyl (C=O) groups excluding carboxylic acids is 1. The Morgan fingerprint density at radius 2 is 2.21 bits per heavy atom. The number of nitrogens with zero attached hydrogens (tertiary/aromatic N) is 2. The van der Waals surface area contributed by atoms with E-state index in [1.54, 1.807) is 17.8 Å². The molecule has 6 heteroatoms. The number of nitrogens with one attached hydrogen (secondary N) is 2. The van der Waals surface area contributed by atoms with Gasteiger partial charge in [0, 0.05) is 42.3 Å². The normalized spacial score (nSPS) is 11.5. The monoisotopic (exact) mass is 342 g/mol. The van der Waals surface area contributed by atoms with E-state index in [1.807, 2.05) is 31.3 Å². The van der Waals surface area contributed by atoms with E-state index in [0.29, 0.717) is 11.7 Å². The van der Waals surface area contributed by atoms with Crippen molar-refractivity contribution in [2.45, 2.75) is 13.3 Å². The van der Waals surface area contributed by atoms with Crippen molar-refractivity contribution in [2.24, 2.45) is 7.05 Å². The largest absolute Gasteiger partial charge is 0.361 e. The van der Waals surface area contributed by atoms with Crippen LogP contribution in [-0.2, 0) is 18.3 Å². The Balaban J connectivity index is 1.57. The fourth-order valence-electron chi connectivity index (χ4n) is 2.71. The molecule has 3 rings (SSSR count). The SMILES string of the molecule is Cc1nn(C)c(Cl)c1/C=C/C(=O)NCCc1c[nH]c2ccccc12. The van der Waals surface area contributed by atoms with E-state index >= 15 is 0 Å². The first-order chi connectivity index (χ1) is 11.6. The van der Waals surface area contributed by atoms with Crippen LogP contribution in [0.2, 0.25) is 5.15 Å². The van der Waals surface area contributed by atoms with Crippen LogP contribution in [0, 0.1) is 6.92 Å². The maximum atomic E-state index is 12.0. The summed E-state index contributed by atoms with van der Waals surface area (Å²) in [5.41, 5.74) is 3.87. The van der Waals surface area contributed by atoms with Gasteiger partial charge in [-0.05, 0) is 31.1 Å². The number of aromatic amines is 1. The van der Waals surface area contributed by atoms with Gasteiger partial charge in [-0.15, -0.1) is 0 Å². The highest BCUT2D eigenvalue weighted by molar-refractivity contribution is 6.31. The third kappa shape index (κ3) is 3.36. The van der Waals surface area contributed by atoms with Gasteiger partial charge in [0.1, 0.15) is 5.15 Å². The molecule has 0 atom stereocenters.